The van der Waals surface area contributed by atoms with Crippen LogP contribution in [-0.2, 0) is 0 Å². The van der Waals surface area contributed by atoms with Crippen LogP contribution in [-0.4, -0.2) is 17.0 Å². The largest absolute Gasteiger partial charge is 0.328 e. The van der Waals surface area contributed by atoms with Gasteiger partial charge in [0.05, 0.1) is 12.0 Å². The van der Waals surface area contributed by atoms with Gasteiger partial charge in [0.2, 0.25) is 0 Å². The molecule has 0 unspecified atom stereocenters. The topological polar surface area (TPSA) is 65.4 Å². The van der Waals surface area contributed by atoms with E-state index in [2.05, 4.69) is 25.7 Å². The van der Waals surface area contributed by atoms with Crippen molar-refractivity contribution in [1.29, 1.82) is 0 Å². The number of aromatic amines is 1. The molecule has 0 aliphatic carbocycles. The van der Waals surface area contributed by atoms with Gasteiger partial charge in [-0.25, -0.2) is 4.98 Å². The molecule has 0 saturated carbocycles. The summed E-state index contributed by atoms with van der Waals surface area (Å²) in [5.74, 6) is 0.689. The first-order valence-corrected chi connectivity index (χ1v) is 2.92. The van der Waals surface area contributed by atoms with Crippen LogP contribution in [0, 0.1) is 6.92 Å². The summed E-state index contributed by atoms with van der Waals surface area (Å²) in [6.45, 7) is 1.86. The molecular weight excluding hydrogens is 130 g/mol. The Morgan fingerprint density at radius 3 is 3.00 bits per heavy atom. The van der Waals surface area contributed by atoms with Gasteiger partial charge in [0.15, 0.2) is 5.82 Å². The van der Waals surface area contributed by atoms with E-state index in [9.17, 15) is 0 Å². The minimum atomic E-state index is 0.689. The highest BCUT2D eigenvalue weighted by Gasteiger charge is 1.95. The highest BCUT2D eigenvalue weighted by atomic mass is 15.4. The third-order valence-corrected chi connectivity index (χ3v) is 1.05. The van der Waals surface area contributed by atoms with Crippen molar-refractivity contribution in [2.45, 2.75) is 6.92 Å². The molecule has 10 heavy (non-hydrogen) atoms. The molecule has 5 nitrogen and oxygen atoms in total. The van der Waals surface area contributed by atoms with Gasteiger partial charge in [0.1, 0.15) is 0 Å². The highest BCUT2D eigenvalue weighted by molar-refractivity contribution is 5.30. The van der Waals surface area contributed by atoms with Crippen LogP contribution in [0.5, 0.6) is 0 Å². The van der Waals surface area contributed by atoms with Gasteiger partial charge in [-0.2, -0.15) is 0 Å². The molecule has 1 rings (SSSR count). The first kappa shape index (κ1) is 6.73. The number of rotatable bonds is 2. The van der Waals surface area contributed by atoms with E-state index in [4.69, 9.17) is 0 Å². The second kappa shape index (κ2) is 2.95. The minimum absolute atomic E-state index is 0.689. The first-order chi connectivity index (χ1) is 4.84. The average molecular weight is 139 g/mol. The number of nitrogens with zero attached hydrogens (tertiary/aromatic N) is 3. The van der Waals surface area contributed by atoms with E-state index in [0.717, 1.165) is 5.69 Å². The molecule has 1 aromatic rings. The summed E-state index contributed by atoms with van der Waals surface area (Å²) < 4.78 is 0. The zero-order valence-electron chi connectivity index (χ0n) is 5.92. The second-order valence-corrected chi connectivity index (χ2v) is 1.76. The summed E-state index contributed by atoms with van der Waals surface area (Å²) in [6, 6.07) is 0. The monoisotopic (exact) mass is 139 g/mol. The van der Waals surface area contributed by atoms with Crippen molar-refractivity contribution < 1.29 is 0 Å². The number of hydrogen-bond donors (Lipinski definition) is 2. The van der Waals surface area contributed by atoms with Crippen molar-refractivity contribution in [3.05, 3.63) is 12.0 Å². The molecule has 0 aliphatic rings. The number of aryl methyl sites for hydroxylation is 1. The maximum atomic E-state index is 3.93. The van der Waals surface area contributed by atoms with Crippen LogP contribution >= 0.6 is 0 Å². The molecule has 0 bridgehead atoms. The van der Waals surface area contributed by atoms with Crippen molar-refractivity contribution in [1.82, 2.24) is 15.4 Å². The number of nitrogens with one attached hydrogen (secondary N) is 2. The van der Waals surface area contributed by atoms with E-state index in [-0.39, 0.29) is 0 Å². The molecule has 0 aliphatic heterocycles. The van der Waals surface area contributed by atoms with E-state index in [1.165, 1.54) is 0 Å². The lowest BCUT2D eigenvalue weighted by molar-refractivity contribution is 0.816. The van der Waals surface area contributed by atoms with Crippen molar-refractivity contribution in [2.24, 2.45) is 10.3 Å². The Hall–Kier alpha value is -1.39. The lowest BCUT2D eigenvalue weighted by Crippen LogP contribution is -1.89. The van der Waals surface area contributed by atoms with Gasteiger partial charge < -0.3 is 4.98 Å². The van der Waals surface area contributed by atoms with E-state index >= 15 is 0 Å². The molecule has 2 N–H and O–H groups in total. The van der Waals surface area contributed by atoms with Crippen molar-refractivity contribution in [3.8, 4) is 0 Å². The molecule has 0 spiro atoms. The van der Waals surface area contributed by atoms with Crippen LogP contribution in [0.4, 0.5) is 5.82 Å². The molecule has 0 radical (unpaired) electrons. The fourth-order valence-electron chi connectivity index (χ4n) is 0.557. The Morgan fingerprint density at radius 2 is 2.50 bits per heavy atom. The molecule has 0 fully saturated rings. The normalized spacial score (nSPS) is 10.6. The zero-order valence-corrected chi connectivity index (χ0v) is 5.92. The lowest BCUT2D eigenvalue weighted by Gasteiger charge is -1.85. The molecular formula is C5H9N5. The van der Waals surface area contributed by atoms with Gasteiger partial charge in [0, 0.05) is 7.05 Å². The van der Waals surface area contributed by atoms with Crippen molar-refractivity contribution in [3.63, 3.8) is 0 Å². The summed E-state index contributed by atoms with van der Waals surface area (Å²) in [5, 5.41) is 7.36. The molecule has 1 aromatic heterocycles. The van der Waals surface area contributed by atoms with Crippen molar-refractivity contribution in [2.75, 3.05) is 7.05 Å². The summed E-state index contributed by atoms with van der Waals surface area (Å²) in [5.41, 5.74) is 3.39. The molecule has 1 heterocycles. The smallest absolute Gasteiger partial charge is 0.176 e. The maximum absolute atomic E-state index is 3.93. The standard InChI is InChI=1S/C5H9N5/c1-4-5(8-3-7-4)9-10-6-2/h3H,1-2H3,(H,6,9)(H,7,8). The van der Waals surface area contributed by atoms with Crippen LogP contribution in [0.3, 0.4) is 0 Å². The van der Waals surface area contributed by atoms with E-state index in [1.54, 1.807) is 13.4 Å². The highest BCUT2D eigenvalue weighted by Crippen LogP contribution is 2.10. The molecule has 0 saturated heterocycles. The maximum Gasteiger partial charge on any atom is 0.176 e. The quantitative estimate of drug-likeness (QED) is 0.473. The number of aromatic nitrogens is 2. The SMILES string of the molecule is CN/N=N\c1[nH]cnc1C. The molecule has 5 heteroatoms. The Bertz CT molecular complexity index is 226. The zero-order chi connectivity index (χ0) is 7.40. The average Bonchev–Trinajstić information content (AvgIpc) is 2.31. The minimum Gasteiger partial charge on any atom is -0.328 e. The van der Waals surface area contributed by atoms with Crippen molar-refractivity contribution >= 4 is 5.82 Å². The Morgan fingerprint density at radius 1 is 1.70 bits per heavy atom. The molecule has 54 valence electrons. The third-order valence-electron chi connectivity index (χ3n) is 1.05. The van der Waals surface area contributed by atoms with Gasteiger partial charge in [-0.15, -0.1) is 5.11 Å². The lowest BCUT2D eigenvalue weighted by atomic mass is 10.5. The summed E-state index contributed by atoms with van der Waals surface area (Å²) in [4.78, 5) is 6.76. The third kappa shape index (κ3) is 1.31. The fourth-order valence-corrected chi connectivity index (χ4v) is 0.557. The molecule has 0 atom stereocenters. The number of hydrogen-bond acceptors (Lipinski definition) is 3. The van der Waals surface area contributed by atoms with Crippen LogP contribution in [0.2, 0.25) is 0 Å². The summed E-state index contributed by atoms with van der Waals surface area (Å²) in [7, 11) is 1.69. The van der Waals surface area contributed by atoms with Gasteiger partial charge >= 0.3 is 0 Å². The van der Waals surface area contributed by atoms with Gasteiger partial charge in [-0.05, 0) is 6.92 Å². The fraction of sp³-hybridized carbons (Fsp3) is 0.400. The van der Waals surface area contributed by atoms with Crippen LogP contribution in [0.25, 0.3) is 0 Å². The van der Waals surface area contributed by atoms with Crippen LogP contribution < -0.4 is 5.43 Å². The molecule has 0 aromatic carbocycles. The van der Waals surface area contributed by atoms with Gasteiger partial charge in [-0.3, -0.25) is 5.43 Å². The van der Waals surface area contributed by atoms with E-state index < -0.39 is 0 Å². The summed E-state index contributed by atoms with van der Waals surface area (Å²) >= 11 is 0. The van der Waals surface area contributed by atoms with Crippen LogP contribution in [0.1, 0.15) is 5.69 Å². The van der Waals surface area contributed by atoms with Gasteiger partial charge in [0.25, 0.3) is 0 Å². The number of H-pyrrole nitrogens is 1. The van der Waals surface area contributed by atoms with Crippen LogP contribution in [0.15, 0.2) is 16.7 Å². The predicted octanol–water partition coefficient (Wildman–Crippen LogP) is 0.936. The van der Waals surface area contributed by atoms with E-state index in [1.807, 2.05) is 6.92 Å². The van der Waals surface area contributed by atoms with Gasteiger partial charge in [-0.1, -0.05) is 5.22 Å². The predicted molar refractivity (Wildman–Crippen MR) is 36.9 cm³/mol. The Balaban J connectivity index is 2.74. The Labute approximate surface area is 58.6 Å². The Kier molecular flexibility index (Phi) is 1.99. The second-order valence-electron chi connectivity index (χ2n) is 1.76. The summed E-state index contributed by atoms with van der Waals surface area (Å²) in [6.07, 6.45) is 1.58. The van der Waals surface area contributed by atoms with E-state index in [0.29, 0.717) is 5.82 Å². The number of imidazole rings is 1. The molecule has 0 amide bonds. The first-order valence-electron chi connectivity index (χ1n) is 2.92.